The van der Waals surface area contributed by atoms with Crippen molar-refractivity contribution in [2.24, 2.45) is 0 Å². The monoisotopic (exact) mass is 229 g/mol. The molecule has 66 valence electrons. The highest BCUT2D eigenvalue weighted by Crippen LogP contribution is 2.23. The average Bonchev–Trinajstić information content (AvgIpc) is 2.58. The van der Waals surface area contributed by atoms with E-state index in [4.69, 9.17) is 0 Å². The summed E-state index contributed by atoms with van der Waals surface area (Å²) in [6.45, 7) is 2.32. The summed E-state index contributed by atoms with van der Waals surface area (Å²) in [6, 6.07) is 0.604. The first kappa shape index (κ1) is 8.26. The van der Waals surface area contributed by atoms with Crippen molar-refractivity contribution < 1.29 is 0 Å². The molecule has 1 aromatic heterocycles. The number of aromatic nitrogens is 2. The second-order valence-corrected chi connectivity index (χ2v) is 4.14. The molecule has 0 amide bonds. The lowest BCUT2D eigenvalue weighted by atomic mass is 10.3. The Bertz CT molecular complexity index is 271. The number of hydrogen-bond donors (Lipinski definition) is 0. The summed E-state index contributed by atoms with van der Waals surface area (Å²) in [5.74, 6) is 0. The Morgan fingerprint density at radius 3 is 3.00 bits per heavy atom. The molecule has 0 radical (unpaired) electrons. The average molecular weight is 230 g/mol. The van der Waals surface area contributed by atoms with Gasteiger partial charge in [0.25, 0.3) is 0 Å². The Kier molecular flexibility index (Phi) is 2.19. The predicted molar refractivity (Wildman–Crippen MR) is 51.1 cm³/mol. The summed E-state index contributed by atoms with van der Waals surface area (Å²) in [7, 11) is 2.16. The van der Waals surface area contributed by atoms with Crippen LogP contribution in [0, 0.1) is 0 Å². The maximum absolute atomic E-state index is 4.09. The van der Waals surface area contributed by atoms with Gasteiger partial charge in [-0.15, -0.1) is 0 Å². The number of nitrogens with zero attached hydrogens (tertiary/aromatic N) is 3. The zero-order valence-electron chi connectivity index (χ0n) is 7.07. The molecule has 0 N–H and O–H groups in total. The van der Waals surface area contributed by atoms with Crippen LogP contribution in [0.25, 0.3) is 0 Å². The van der Waals surface area contributed by atoms with E-state index in [9.17, 15) is 0 Å². The van der Waals surface area contributed by atoms with Crippen molar-refractivity contribution in [3.63, 3.8) is 0 Å². The van der Waals surface area contributed by atoms with Crippen LogP contribution in [0.2, 0.25) is 0 Å². The van der Waals surface area contributed by atoms with E-state index in [0.717, 1.165) is 11.1 Å². The molecule has 0 bridgehead atoms. The van der Waals surface area contributed by atoms with Gasteiger partial charge >= 0.3 is 0 Å². The highest BCUT2D eigenvalue weighted by molar-refractivity contribution is 9.10. The molecule has 0 saturated carbocycles. The van der Waals surface area contributed by atoms with Crippen molar-refractivity contribution in [1.82, 2.24) is 14.5 Å². The zero-order chi connectivity index (χ0) is 8.55. The van der Waals surface area contributed by atoms with Crippen LogP contribution in [0.4, 0.5) is 0 Å². The van der Waals surface area contributed by atoms with Crippen LogP contribution in [-0.4, -0.2) is 34.6 Å². The van der Waals surface area contributed by atoms with Gasteiger partial charge in [0.15, 0.2) is 0 Å². The molecular weight excluding hydrogens is 218 g/mol. The van der Waals surface area contributed by atoms with Gasteiger partial charge in [0.1, 0.15) is 4.60 Å². The number of rotatable bonds is 1. The van der Waals surface area contributed by atoms with Gasteiger partial charge < -0.3 is 9.47 Å². The van der Waals surface area contributed by atoms with Crippen molar-refractivity contribution in [3.05, 3.63) is 17.1 Å². The minimum Gasteiger partial charge on any atom is -0.321 e. The molecule has 1 aliphatic rings. The molecule has 1 atom stereocenters. The van der Waals surface area contributed by atoms with E-state index in [1.807, 2.05) is 12.5 Å². The van der Waals surface area contributed by atoms with E-state index in [1.165, 1.54) is 13.0 Å². The first-order valence-corrected chi connectivity index (χ1v) is 4.92. The van der Waals surface area contributed by atoms with E-state index < -0.39 is 0 Å². The van der Waals surface area contributed by atoms with E-state index in [1.54, 1.807) is 0 Å². The van der Waals surface area contributed by atoms with Crippen LogP contribution in [0.5, 0.6) is 0 Å². The molecule has 2 heterocycles. The summed E-state index contributed by atoms with van der Waals surface area (Å²) in [4.78, 5) is 6.43. The number of halogens is 1. The first-order chi connectivity index (χ1) is 5.77. The summed E-state index contributed by atoms with van der Waals surface area (Å²) < 4.78 is 3.28. The van der Waals surface area contributed by atoms with Crippen molar-refractivity contribution in [1.29, 1.82) is 0 Å². The second-order valence-electron chi connectivity index (χ2n) is 3.33. The second kappa shape index (κ2) is 3.18. The standard InChI is InChI=1S/C8H12BrN3/c1-11-3-2-7(5-11)12-6-10-4-8(12)9/h4,6-7H,2-3,5H2,1H3. The fraction of sp³-hybridized carbons (Fsp3) is 0.625. The molecule has 1 aliphatic heterocycles. The Balaban J connectivity index is 2.16. The molecule has 1 saturated heterocycles. The van der Waals surface area contributed by atoms with Gasteiger partial charge in [0, 0.05) is 12.6 Å². The zero-order valence-corrected chi connectivity index (χ0v) is 8.66. The van der Waals surface area contributed by atoms with Crippen LogP contribution >= 0.6 is 15.9 Å². The quantitative estimate of drug-likeness (QED) is 0.729. The minimum atomic E-state index is 0.604. The highest BCUT2D eigenvalue weighted by Gasteiger charge is 2.21. The number of imidazole rings is 1. The lowest BCUT2D eigenvalue weighted by molar-refractivity contribution is 0.391. The van der Waals surface area contributed by atoms with Crippen molar-refractivity contribution in [2.45, 2.75) is 12.5 Å². The first-order valence-electron chi connectivity index (χ1n) is 4.13. The fourth-order valence-electron chi connectivity index (χ4n) is 1.70. The summed E-state index contributed by atoms with van der Waals surface area (Å²) in [5, 5.41) is 0. The smallest absolute Gasteiger partial charge is 0.105 e. The maximum Gasteiger partial charge on any atom is 0.105 e. The summed E-state index contributed by atoms with van der Waals surface area (Å²) >= 11 is 3.48. The normalized spacial score (nSPS) is 25.0. The maximum atomic E-state index is 4.09. The van der Waals surface area contributed by atoms with Gasteiger partial charge in [-0.1, -0.05) is 0 Å². The highest BCUT2D eigenvalue weighted by atomic mass is 79.9. The molecule has 12 heavy (non-hydrogen) atoms. The van der Waals surface area contributed by atoms with Gasteiger partial charge in [-0.2, -0.15) is 0 Å². The molecule has 3 nitrogen and oxygen atoms in total. The van der Waals surface area contributed by atoms with E-state index in [2.05, 4.69) is 37.4 Å². The lowest BCUT2D eigenvalue weighted by Crippen LogP contribution is -2.16. The lowest BCUT2D eigenvalue weighted by Gasteiger charge is -2.12. The van der Waals surface area contributed by atoms with Gasteiger partial charge in [-0.3, -0.25) is 0 Å². The largest absolute Gasteiger partial charge is 0.321 e. The molecule has 0 aliphatic carbocycles. The number of likely N-dealkylation sites (tertiary alicyclic amines) is 1. The fourth-order valence-corrected chi connectivity index (χ4v) is 2.20. The molecular formula is C8H12BrN3. The van der Waals surface area contributed by atoms with Crippen LogP contribution < -0.4 is 0 Å². The topological polar surface area (TPSA) is 21.1 Å². The van der Waals surface area contributed by atoms with E-state index in [0.29, 0.717) is 6.04 Å². The Hall–Kier alpha value is -0.350. The summed E-state index contributed by atoms with van der Waals surface area (Å²) in [5.41, 5.74) is 0. The Labute approximate surface area is 80.5 Å². The molecule has 1 fully saturated rings. The Morgan fingerprint density at radius 1 is 1.67 bits per heavy atom. The number of hydrogen-bond acceptors (Lipinski definition) is 2. The van der Waals surface area contributed by atoms with E-state index in [-0.39, 0.29) is 0 Å². The molecule has 0 spiro atoms. The van der Waals surface area contributed by atoms with E-state index >= 15 is 0 Å². The summed E-state index contributed by atoms with van der Waals surface area (Å²) in [6.07, 6.45) is 4.97. The SMILES string of the molecule is CN1CCC(n2cncc2Br)C1. The van der Waals surface area contributed by atoms with Gasteiger partial charge in [0.2, 0.25) is 0 Å². The van der Waals surface area contributed by atoms with Crippen LogP contribution in [-0.2, 0) is 0 Å². The molecule has 4 heteroatoms. The number of likely N-dealkylation sites (N-methyl/N-ethyl adjacent to an activating group) is 1. The van der Waals surface area contributed by atoms with Crippen LogP contribution in [0.3, 0.4) is 0 Å². The van der Waals surface area contributed by atoms with Gasteiger partial charge in [0.05, 0.1) is 12.5 Å². The molecule has 0 aromatic carbocycles. The van der Waals surface area contributed by atoms with Crippen molar-refractivity contribution in [3.8, 4) is 0 Å². The van der Waals surface area contributed by atoms with Crippen LogP contribution in [0.1, 0.15) is 12.5 Å². The molecule has 1 aromatic rings. The third-order valence-electron chi connectivity index (χ3n) is 2.38. The van der Waals surface area contributed by atoms with Crippen molar-refractivity contribution in [2.75, 3.05) is 20.1 Å². The Morgan fingerprint density at radius 2 is 2.50 bits per heavy atom. The third-order valence-corrected chi connectivity index (χ3v) is 2.99. The van der Waals surface area contributed by atoms with Gasteiger partial charge in [-0.05, 0) is 35.9 Å². The van der Waals surface area contributed by atoms with Crippen molar-refractivity contribution >= 4 is 15.9 Å². The van der Waals surface area contributed by atoms with Crippen LogP contribution in [0.15, 0.2) is 17.1 Å². The predicted octanol–water partition coefficient (Wildman–Crippen LogP) is 1.52. The molecule has 1 unspecified atom stereocenters. The minimum absolute atomic E-state index is 0.604. The van der Waals surface area contributed by atoms with Gasteiger partial charge in [-0.25, -0.2) is 4.98 Å². The molecule has 2 rings (SSSR count). The third kappa shape index (κ3) is 1.41.